The van der Waals surface area contributed by atoms with Crippen molar-refractivity contribution in [2.45, 2.75) is 46.1 Å². The number of hydrogen-bond donors (Lipinski definition) is 0. The molecule has 0 aromatic carbocycles. The van der Waals surface area contributed by atoms with Gasteiger partial charge < -0.3 is 4.90 Å². The van der Waals surface area contributed by atoms with Crippen LogP contribution in [0.5, 0.6) is 0 Å². The van der Waals surface area contributed by atoms with E-state index in [4.69, 9.17) is 0 Å². The van der Waals surface area contributed by atoms with Gasteiger partial charge in [-0.2, -0.15) is 0 Å². The molecule has 0 aliphatic carbocycles. The summed E-state index contributed by atoms with van der Waals surface area (Å²) in [6.07, 6.45) is 4.03. The second-order valence-electron chi connectivity index (χ2n) is 3.90. The molecule has 0 amide bonds. The fourth-order valence-electron chi connectivity index (χ4n) is 0.988. The highest BCUT2D eigenvalue weighted by molar-refractivity contribution is 4.61. The van der Waals surface area contributed by atoms with Crippen LogP contribution in [0.4, 0.5) is 0 Å². The highest BCUT2D eigenvalue weighted by Gasteiger charge is 2.06. The molecule has 0 aliphatic heterocycles. The van der Waals surface area contributed by atoms with E-state index < -0.39 is 0 Å². The summed E-state index contributed by atoms with van der Waals surface area (Å²) >= 11 is 0. The van der Waals surface area contributed by atoms with E-state index in [1.807, 2.05) is 0 Å². The zero-order chi connectivity index (χ0) is 8.85. The van der Waals surface area contributed by atoms with E-state index in [1.165, 1.54) is 19.3 Å². The molecule has 0 rings (SSSR count). The van der Waals surface area contributed by atoms with E-state index in [9.17, 15) is 0 Å². The molecule has 0 N–H and O–H groups in total. The minimum Gasteiger partial charge on any atom is -0.307 e. The number of hydrogen-bond acceptors (Lipinski definition) is 1. The first-order valence-corrected chi connectivity index (χ1v) is 4.74. The average Bonchev–Trinajstić information content (AvgIpc) is 1.99. The average molecular weight is 157 g/mol. The van der Waals surface area contributed by atoms with Crippen molar-refractivity contribution in [3.63, 3.8) is 0 Å². The monoisotopic (exact) mass is 157 g/mol. The third-order valence-corrected chi connectivity index (χ3v) is 2.66. The van der Waals surface area contributed by atoms with Crippen molar-refractivity contribution in [3.05, 3.63) is 0 Å². The summed E-state index contributed by atoms with van der Waals surface area (Å²) in [5.74, 6) is 0.900. The Kier molecular flexibility index (Phi) is 5.57. The third-order valence-electron chi connectivity index (χ3n) is 2.66. The van der Waals surface area contributed by atoms with Crippen LogP contribution < -0.4 is 0 Å². The Morgan fingerprint density at radius 2 is 1.64 bits per heavy atom. The van der Waals surface area contributed by atoms with E-state index in [0.29, 0.717) is 0 Å². The van der Waals surface area contributed by atoms with Gasteiger partial charge in [0.2, 0.25) is 0 Å². The Balaban J connectivity index is 3.37. The number of nitrogens with zero attached hydrogens (tertiary/aromatic N) is 1. The van der Waals surface area contributed by atoms with Crippen molar-refractivity contribution >= 4 is 0 Å². The zero-order valence-corrected chi connectivity index (χ0v) is 8.72. The maximum atomic E-state index is 2.34. The summed E-state index contributed by atoms with van der Waals surface area (Å²) in [5, 5.41) is 0. The van der Waals surface area contributed by atoms with Crippen molar-refractivity contribution < 1.29 is 0 Å². The van der Waals surface area contributed by atoms with E-state index >= 15 is 0 Å². The van der Waals surface area contributed by atoms with Crippen molar-refractivity contribution in [2.75, 3.05) is 14.1 Å². The van der Waals surface area contributed by atoms with Crippen LogP contribution in [0.1, 0.15) is 40.0 Å². The highest BCUT2D eigenvalue weighted by Crippen LogP contribution is 2.12. The van der Waals surface area contributed by atoms with Gasteiger partial charge in [-0.25, -0.2) is 0 Å². The van der Waals surface area contributed by atoms with E-state index in [-0.39, 0.29) is 0 Å². The van der Waals surface area contributed by atoms with Gasteiger partial charge in [0.1, 0.15) is 0 Å². The van der Waals surface area contributed by atoms with Crippen molar-refractivity contribution in [3.8, 4) is 0 Å². The number of rotatable bonds is 5. The molecule has 0 radical (unpaired) electrons. The topological polar surface area (TPSA) is 3.24 Å². The quantitative estimate of drug-likeness (QED) is 0.593. The van der Waals surface area contributed by atoms with E-state index in [2.05, 4.69) is 39.8 Å². The summed E-state index contributed by atoms with van der Waals surface area (Å²) in [6, 6.07) is 0.740. The molecule has 1 heteroatoms. The molecule has 68 valence electrons. The molecule has 0 saturated carbocycles. The Morgan fingerprint density at radius 3 is 2.00 bits per heavy atom. The predicted molar refractivity (Wildman–Crippen MR) is 51.8 cm³/mol. The minimum atomic E-state index is 0.740. The fraction of sp³-hybridized carbons (Fsp3) is 1.00. The molecule has 0 spiro atoms. The van der Waals surface area contributed by atoms with Gasteiger partial charge in [0.15, 0.2) is 0 Å². The van der Waals surface area contributed by atoms with Gasteiger partial charge in [-0.05, 0) is 39.8 Å². The maximum Gasteiger partial charge on any atom is 0.00609 e. The molecule has 11 heavy (non-hydrogen) atoms. The molecule has 0 heterocycles. The van der Waals surface area contributed by atoms with Crippen molar-refractivity contribution in [2.24, 2.45) is 5.92 Å². The zero-order valence-electron chi connectivity index (χ0n) is 8.72. The molecule has 0 aromatic heterocycles. The summed E-state index contributed by atoms with van der Waals surface area (Å²) in [4.78, 5) is 2.29. The second-order valence-corrected chi connectivity index (χ2v) is 3.90. The molecular weight excluding hydrogens is 134 g/mol. The van der Waals surface area contributed by atoms with Gasteiger partial charge in [-0.1, -0.05) is 20.3 Å². The van der Waals surface area contributed by atoms with Crippen LogP contribution in [0, 0.1) is 5.92 Å². The Hall–Kier alpha value is -0.0400. The van der Waals surface area contributed by atoms with Crippen LogP contribution in [0.3, 0.4) is 0 Å². The molecule has 1 unspecified atom stereocenters. The summed E-state index contributed by atoms with van der Waals surface area (Å²) < 4.78 is 0. The van der Waals surface area contributed by atoms with Gasteiger partial charge in [-0.3, -0.25) is 0 Å². The smallest absolute Gasteiger partial charge is 0.00609 e. The first-order chi connectivity index (χ1) is 5.07. The molecule has 1 nitrogen and oxygen atoms in total. The molecule has 0 bridgehead atoms. The van der Waals surface area contributed by atoms with Crippen LogP contribution in [0.2, 0.25) is 0 Å². The van der Waals surface area contributed by atoms with E-state index in [0.717, 1.165) is 12.0 Å². The molecular formula is C10H23N. The maximum absolute atomic E-state index is 2.34. The normalized spacial score (nSPS) is 16.9. The molecule has 0 aliphatic rings. The van der Waals surface area contributed by atoms with Gasteiger partial charge in [0, 0.05) is 6.04 Å². The largest absolute Gasteiger partial charge is 0.307 e. The van der Waals surface area contributed by atoms with Gasteiger partial charge in [0.05, 0.1) is 0 Å². The fourth-order valence-corrected chi connectivity index (χ4v) is 0.988. The predicted octanol–water partition coefficient (Wildman–Crippen LogP) is 2.76. The van der Waals surface area contributed by atoms with Crippen LogP contribution in [0.25, 0.3) is 0 Å². The highest BCUT2D eigenvalue weighted by atomic mass is 15.1. The lowest BCUT2D eigenvalue weighted by Crippen LogP contribution is -2.24. The summed E-state index contributed by atoms with van der Waals surface area (Å²) in [6.45, 7) is 6.90. The van der Waals surface area contributed by atoms with Gasteiger partial charge in [0.25, 0.3) is 0 Å². The van der Waals surface area contributed by atoms with Crippen molar-refractivity contribution in [1.82, 2.24) is 4.90 Å². The Morgan fingerprint density at radius 1 is 1.09 bits per heavy atom. The molecule has 0 saturated heterocycles. The van der Waals surface area contributed by atoms with Crippen LogP contribution in [0.15, 0.2) is 0 Å². The lowest BCUT2D eigenvalue weighted by molar-refractivity contribution is 0.279. The first-order valence-electron chi connectivity index (χ1n) is 4.74. The molecule has 0 aromatic rings. The molecule has 0 fully saturated rings. The molecule has 2 atom stereocenters. The third kappa shape index (κ3) is 5.25. The standard InChI is InChI=1S/C10H23N/c1-6-9(2)7-8-10(3)11(4)5/h9-10H,6-8H2,1-5H3/t9-,10?/m0/s1. The van der Waals surface area contributed by atoms with Gasteiger partial charge >= 0.3 is 0 Å². The summed E-state index contributed by atoms with van der Waals surface area (Å²) in [7, 11) is 4.31. The van der Waals surface area contributed by atoms with E-state index in [1.54, 1.807) is 0 Å². The minimum absolute atomic E-state index is 0.740. The lowest BCUT2D eigenvalue weighted by Gasteiger charge is -2.20. The van der Waals surface area contributed by atoms with Crippen LogP contribution in [-0.4, -0.2) is 25.0 Å². The second kappa shape index (κ2) is 5.59. The lowest BCUT2D eigenvalue weighted by atomic mass is 10.00. The van der Waals surface area contributed by atoms with Crippen LogP contribution >= 0.6 is 0 Å². The SMILES string of the molecule is CC[C@H](C)CCC(C)N(C)C. The summed E-state index contributed by atoms with van der Waals surface area (Å²) in [5.41, 5.74) is 0. The Labute approximate surface area is 71.8 Å². The van der Waals surface area contributed by atoms with Crippen molar-refractivity contribution in [1.29, 1.82) is 0 Å². The van der Waals surface area contributed by atoms with Crippen LogP contribution in [-0.2, 0) is 0 Å². The first kappa shape index (κ1) is 11.0. The Bertz CT molecular complexity index is 88.9. The van der Waals surface area contributed by atoms with Gasteiger partial charge in [-0.15, -0.1) is 0 Å².